The Hall–Kier alpha value is -0.570. The standard InChI is InChI=1S/C13H25NO2/c1-13(2,10-15)14-12(16)9-8-11-6-4-3-5-7-11/h11,15H,3-10H2,1-2H3,(H,14,16). The monoisotopic (exact) mass is 227 g/mol. The van der Waals surface area contributed by atoms with E-state index in [1.165, 1.54) is 32.1 Å². The van der Waals surface area contributed by atoms with Crippen molar-refractivity contribution in [2.75, 3.05) is 6.61 Å². The van der Waals surface area contributed by atoms with Gasteiger partial charge in [-0.3, -0.25) is 4.79 Å². The predicted molar refractivity (Wildman–Crippen MR) is 65.1 cm³/mol. The highest BCUT2D eigenvalue weighted by molar-refractivity contribution is 5.76. The van der Waals surface area contributed by atoms with Crippen LogP contribution in [0.15, 0.2) is 0 Å². The fourth-order valence-electron chi connectivity index (χ4n) is 2.29. The fraction of sp³-hybridized carbons (Fsp3) is 0.923. The number of carbonyl (C=O) groups is 1. The average Bonchev–Trinajstić information content (AvgIpc) is 2.27. The van der Waals surface area contributed by atoms with Crippen molar-refractivity contribution in [1.82, 2.24) is 5.32 Å². The molecule has 94 valence electrons. The van der Waals surface area contributed by atoms with Gasteiger partial charge in [-0.05, 0) is 26.2 Å². The van der Waals surface area contributed by atoms with Gasteiger partial charge in [0.05, 0.1) is 12.1 Å². The van der Waals surface area contributed by atoms with Crippen LogP contribution in [0, 0.1) is 5.92 Å². The lowest BCUT2D eigenvalue weighted by Gasteiger charge is -2.25. The molecule has 0 bridgehead atoms. The fourth-order valence-corrected chi connectivity index (χ4v) is 2.29. The van der Waals surface area contributed by atoms with Crippen LogP contribution in [0.4, 0.5) is 0 Å². The molecule has 0 spiro atoms. The van der Waals surface area contributed by atoms with Gasteiger partial charge in [-0.15, -0.1) is 0 Å². The molecule has 0 aliphatic heterocycles. The van der Waals surface area contributed by atoms with Crippen molar-refractivity contribution in [3.63, 3.8) is 0 Å². The highest BCUT2D eigenvalue weighted by Gasteiger charge is 2.20. The Balaban J connectivity index is 2.19. The minimum absolute atomic E-state index is 0.0117. The normalized spacial score (nSPS) is 18.4. The summed E-state index contributed by atoms with van der Waals surface area (Å²) in [5.41, 5.74) is -0.482. The number of aliphatic hydroxyl groups excluding tert-OH is 1. The molecule has 0 heterocycles. The zero-order valence-corrected chi connectivity index (χ0v) is 10.6. The van der Waals surface area contributed by atoms with E-state index in [0.29, 0.717) is 6.42 Å². The average molecular weight is 227 g/mol. The highest BCUT2D eigenvalue weighted by Crippen LogP contribution is 2.27. The van der Waals surface area contributed by atoms with E-state index < -0.39 is 5.54 Å². The van der Waals surface area contributed by atoms with Gasteiger partial charge in [-0.2, -0.15) is 0 Å². The van der Waals surface area contributed by atoms with Crippen LogP contribution in [-0.4, -0.2) is 23.2 Å². The van der Waals surface area contributed by atoms with Crippen LogP contribution in [0.3, 0.4) is 0 Å². The molecule has 0 radical (unpaired) electrons. The number of hydrogen-bond acceptors (Lipinski definition) is 2. The van der Waals surface area contributed by atoms with E-state index in [1.807, 2.05) is 13.8 Å². The topological polar surface area (TPSA) is 49.3 Å². The van der Waals surface area contributed by atoms with Gasteiger partial charge >= 0.3 is 0 Å². The van der Waals surface area contributed by atoms with Crippen LogP contribution in [-0.2, 0) is 4.79 Å². The third kappa shape index (κ3) is 4.97. The highest BCUT2D eigenvalue weighted by atomic mass is 16.3. The number of amides is 1. The molecule has 1 aliphatic rings. The van der Waals surface area contributed by atoms with E-state index in [-0.39, 0.29) is 12.5 Å². The van der Waals surface area contributed by atoms with Crippen LogP contribution in [0.1, 0.15) is 58.8 Å². The first-order valence-electron chi connectivity index (χ1n) is 6.45. The molecule has 0 aromatic rings. The summed E-state index contributed by atoms with van der Waals surface area (Å²) in [6, 6.07) is 0. The van der Waals surface area contributed by atoms with Crippen molar-refractivity contribution in [1.29, 1.82) is 0 Å². The Bertz CT molecular complexity index is 220. The van der Waals surface area contributed by atoms with E-state index in [0.717, 1.165) is 12.3 Å². The van der Waals surface area contributed by atoms with Crippen molar-refractivity contribution >= 4 is 5.91 Å². The van der Waals surface area contributed by atoms with Gasteiger partial charge in [0.15, 0.2) is 0 Å². The molecule has 1 aliphatic carbocycles. The summed E-state index contributed by atoms with van der Waals surface area (Å²) in [5, 5.41) is 11.9. The van der Waals surface area contributed by atoms with Gasteiger partial charge in [0.1, 0.15) is 0 Å². The molecule has 1 saturated carbocycles. The third-order valence-corrected chi connectivity index (χ3v) is 3.38. The first-order valence-corrected chi connectivity index (χ1v) is 6.45. The molecular weight excluding hydrogens is 202 g/mol. The first-order chi connectivity index (χ1) is 7.53. The van der Waals surface area contributed by atoms with E-state index in [1.54, 1.807) is 0 Å². The predicted octanol–water partition coefficient (Wildman–Crippen LogP) is 2.23. The van der Waals surface area contributed by atoms with Crippen molar-refractivity contribution in [2.45, 2.75) is 64.3 Å². The first kappa shape index (κ1) is 13.5. The summed E-state index contributed by atoms with van der Waals surface area (Å²) in [5.74, 6) is 0.821. The minimum atomic E-state index is -0.482. The SMILES string of the molecule is CC(C)(CO)NC(=O)CCC1CCCCC1. The van der Waals surface area contributed by atoms with Crippen molar-refractivity contribution in [3.8, 4) is 0 Å². The number of aliphatic hydroxyl groups is 1. The summed E-state index contributed by atoms with van der Waals surface area (Å²) in [7, 11) is 0. The van der Waals surface area contributed by atoms with Crippen molar-refractivity contribution < 1.29 is 9.90 Å². The Labute approximate surface area is 98.6 Å². The summed E-state index contributed by atoms with van der Waals surface area (Å²) in [4.78, 5) is 11.6. The zero-order valence-electron chi connectivity index (χ0n) is 10.6. The molecule has 1 fully saturated rings. The summed E-state index contributed by atoms with van der Waals surface area (Å²) < 4.78 is 0. The largest absolute Gasteiger partial charge is 0.394 e. The van der Waals surface area contributed by atoms with Crippen LogP contribution < -0.4 is 5.32 Å². The van der Waals surface area contributed by atoms with E-state index >= 15 is 0 Å². The van der Waals surface area contributed by atoms with Gasteiger partial charge < -0.3 is 10.4 Å². The Kier molecular flexibility index (Phi) is 5.26. The van der Waals surface area contributed by atoms with Crippen molar-refractivity contribution in [2.24, 2.45) is 5.92 Å². The molecule has 0 atom stereocenters. The van der Waals surface area contributed by atoms with Gasteiger partial charge in [-0.25, -0.2) is 0 Å². The molecular formula is C13H25NO2. The second-order valence-electron chi connectivity index (χ2n) is 5.63. The van der Waals surface area contributed by atoms with Gasteiger partial charge in [0.2, 0.25) is 5.91 Å². The molecule has 3 nitrogen and oxygen atoms in total. The Morgan fingerprint density at radius 2 is 1.94 bits per heavy atom. The number of rotatable bonds is 5. The maximum atomic E-state index is 11.6. The lowest BCUT2D eigenvalue weighted by atomic mass is 9.86. The molecule has 0 aromatic heterocycles. The third-order valence-electron chi connectivity index (χ3n) is 3.38. The summed E-state index contributed by atoms with van der Waals surface area (Å²) >= 11 is 0. The Morgan fingerprint density at radius 3 is 2.50 bits per heavy atom. The number of carbonyl (C=O) groups excluding carboxylic acids is 1. The summed E-state index contributed by atoms with van der Waals surface area (Å²) in [6.45, 7) is 3.67. The van der Waals surface area contributed by atoms with Gasteiger partial charge in [-0.1, -0.05) is 32.1 Å². The molecule has 1 rings (SSSR count). The maximum Gasteiger partial charge on any atom is 0.220 e. The van der Waals surface area contributed by atoms with Crippen LogP contribution >= 0.6 is 0 Å². The second kappa shape index (κ2) is 6.24. The second-order valence-corrected chi connectivity index (χ2v) is 5.63. The van der Waals surface area contributed by atoms with E-state index in [4.69, 9.17) is 5.11 Å². The molecule has 1 amide bonds. The number of hydrogen-bond donors (Lipinski definition) is 2. The van der Waals surface area contributed by atoms with Crippen molar-refractivity contribution in [3.05, 3.63) is 0 Å². The minimum Gasteiger partial charge on any atom is -0.394 e. The summed E-state index contributed by atoms with van der Waals surface area (Å²) in [6.07, 6.45) is 8.21. The molecule has 0 saturated heterocycles. The van der Waals surface area contributed by atoms with E-state index in [2.05, 4.69) is 5.32 Å². The molecule has 2 N–H and O–H groups in total. The lowest BCUT2D eigenvalue weighted by molar-refractivity contribution is -0.123. The quantitative estimate of drug-likeness (QED) is 0.756. The molecule has 0 unspecified atom stereocenters. The van der Waals surface area contributed by atoms with Crippen LogP contribution in [0.25, 0.3) is 0 Å². The molecule has 0 aromatic carbocycles. The van der Waals surface area contributed by atoms with E-state index in [9.17, 15) is 4.79 Å². The van der Waals surface area contributed by atoms with Crippen LogP contribution in [0.2, 0.25) is 0 Å². The molecule has 16 heavy (non-hydrogen) atoms. The van der Waals surface area contributed by atoms with Gasteiger partial charge in [0.25, 0.3) is 0 Å². The molecule has 3 heteroatoms. The smallest absolute Gasteiger partial charge is 0.220 e. The zero-order chi connectivity index (χ0) is 12.0. The lowest BCUT2D eigenvalue weighted by Crippen LogP contribution is -2.46. The van der Waals surface area contributed by atoms with Gasteiger partial charge in [0, 0.05) is 6.42 Å². The number of nitrogens with one attached hydrogen (secondary N) is 1. The van der Waals surface area contributed by atoms with Crippen LogP contribution in [0.5, 0.6) is 0 Å². The Morgan fingerprint density at radius 1 is 1.31 bits per heavy atom. The maximum absolute atomic E-state index is 11.6.